The summed E-state index contributed by atoms with van der Waals surface area (Å²) in [5.74, 6) is -17.2. The first-order valence-electron chi connectivity index (χ1n) is 7.61. The summed E-state index contributed by atoms with van der Waals surface area (Å²) >= 11 is 0. The van der Waals surface area contributed by atoms with E-state index < -0.39 is 62.8 Å². The zero-order valence-corrected chi connectivity index (χ0v) is 13.9. The Morgan fingerprint density at radius 2 is 1.21 bits per heavy atom. The monoisotopic (exact) mass is 415 g/mol. The van der Waals surface area contributed by atoms with E-state index in [0.717, 1.165) is 0 Å². The summed E-state index contributed by atoms with van der Waals surface area (Å²) in [6, 6.07) is 8.48. The van der Waals surface area contributed by atoms with Gasteiger partial charge in [-0.2, -0.15) is 13.2 Å². The molecule has 0 fully saturated rings. The molecule has 11 heteroatoms. The smallest absolute Gasteiger partial charge is 0.314 e. The van der Waals surface area contributed by atoms with Gasteiger partial charge in [0.05, 0.1) is 4.92 Å². The second-order valence-electron chi connectivity index (χ2n) is 5.40. The van der Waals surface area contributed by atoms with Gasteiger partial charge in [0.2, 0.25) is 46.4 Å². The topological polar surface area (TPSA) is 61.6 Å². The standard InChI is InChI=1S/C18H7F6NO4/c19-11-10(29-18-15(23)13(21)12(20)14(22)16(18)24)7-6-9(25(26)27)17(11)28-8-4-2-1-3-5-8/h1-7H. The van der Waals surface area contributed by atoms with Crippen molar-refractivity contribution in [1.29, 1.82) is 0 Å². The summed E-state index contributed by atoms with van der Waals surface area (Å²) in [5, 5.41) is 11.1. The number of hydrogen-bond donors (Lipinski definition) is 0. The van der Waals surface area contributed by atoms with Crippen LogP contribution in [0, 0.1) is 45.0 Å². The highest BCUT2D eigenvalue weighted by Gasteiger charge is 2.30. The first-order valence-corrected chi connectivity index (χ1v) is 7.61. The van der Waals surface area contributed by atoms with Gasteiger partial charge in [-0.3, -0.25) is 10.1 Å². The van der Waals surface area contributed by atoms with Crippen LogP contribution in [0.2, 0.25) is 0 Å². The van der Waals surface area contributed by atoms with Crippen LogP contribution in [-0.4, -0.2) is 4.92 Å². The summed E-state index contributed by atoms with van der Waals surface area (Å²) in [7, 11) is 0. The van der Waals surface area contributed by atoms with Crippen LogP contribution in [0.5, 0.6) is 23.0 Å². The number of halogens is 6. The molecule has 3 rings (SSSR count). The SMILES string of the molecule is O=[N+]([O-])c1ccc(Oc2c(F)c(F)c(F)c(F)c2F)c(F)c1Oc1ccccc1. The van der Waals surface area contributed by atoms with E-state index in [4.69, 9.17) is 4.74 Å². The van der Waals surface area contributed by atoms with Gasteiger partial charge in [0.15, 0.2) is 5.75 Å². The Morgan fingerprint density at radius 3 is 1.76 bits per heavy atom. The molecule has 29 heavy (non-hydrogen) atoms. The highest BCUT2D eigenvalue weighted by Crippen LogP contribution is 2.41. The van der Waals surface area contributed by atoms with Crippen molar-refractivity contribution in [2.75, 3.05) is 0 Å². The number of nitro benzene ring substituents is 1. The third kappa shape index (κ3) is 3.66. The van der Waals surface area contributed by atoms with E-state index in [-0.39, 0.29) is 5.75 Å². The second-order valence-corrected chi connectivity index (χ2v) is 5.40. The number of nitrogens with zero attached hydrogens (tertiary/aromatic N) is 1. The van der Waals surface area contributed by atoms with E-state index in [1.165, 1.54) is 24.3 Å². The molecule has 0 saturated carbocycles. The van der Waals surface area contributed by atoms with Crippen LogP contribution in [0.1, 0.15) is 0 Å². The van der Waals surface area contributed by atoms with E-state index in [1.807, 2.05) is 0 Å². The molecule has 0 spiro atoms. The highest BCUT2D eigenvalue weighted by atomic mass is 19.2. The summed E-state index contributed by atoms with van der Waals surface area (Å²) in [6.45, 7) is 0. The fourth-order valence-electron chi connectivity index (χ4n) is 2.24. The number of para-hydroxylation sites is 1. The lowest BCUT2D eigenvalue weighted by atomic mass is 10.2. The van der Waals surface area contributed by atoms with Crippen LogP contribution in [0.4, 0.5) is 32.0 Å². The maximum atomic E-state index is 14.7. The van der Waals surface area contributed by atoms with Gasteiger partial charge in [-0.15, -0.1) is 0 Å². The lowest BCUT2D eigenvalue weighted by Gasteiger charge is -2.13. The van der Waals surface area contributed by atoms with E-state index in [0.29, 0.717) is 12.1 Å². The van der Waals surface area contributed by atoms with E-state index in [2.05, 4.69) is 4.74 Å². The Labute approximate surface area is 157 Å². The lowest BCUT2D eigenvalue weighted by Crippen LogP contribution is -2.05. The van der Waals surface area contributed by atoms with Crippen LogP contribution < -0.4 is 9.47 Å². The van der Waals surface area contributed by atoms with E-state index in [9.17, 15) is 36.5 Å². The molecule has 0 radical (unpaired) electrons. The molecule has 0 N–H and O–H groups in total. The molecule has 3 aromatic rings. The third-order valence-electron chi connectivity index (χ3n) is 3.58. The maximum Gasteiger partial charge on any atom is 0.314 e. The molecule has 0 heterocycles. The fraction of sp³-hybridized carbons (Fsp3) is 0. The van der Waals surface area contributed by atoms with Crippen molar-refractivity contribution in [3.05, 3.63) is 87.5 Å². The molecule has 0 saturated heterocycles. The number of ether oxygens (including phenoxy) is 2. The average molecular weight is 415 g/mol. The number of hydrogen-bond acceptors (Lipinski definition) is 4. The van der Waals surface area contributed by atoms with Crippen LogP contribution in [0.15, 0.2) is 42.5 Å². The summed E-state index contributed by atoms with van der Waals surface area (Å²) in [6.07, 6.45) is 0. The number of nitro groups is 1. The average Bonchev–Trinajstić information content (AvgIpc) is 2.71. The molecule has 0 aliphatic heterocycles. The Balaban J connectivity index is 2.11. The van der Waals surface area contributed by atoms with Crippen molar-refractivity contribution in [2.24, 2.45) is 0 Å². The quantitative estimate of drug-likeness (QED) is 0.168. The summed E-state index contributed by atoms with van der Waals surface area (Å²) in [5.41, 5.74) is -0.865. The highest BCUT2D eigenvalue weighted by molar-refractivity contribution is 5.54. The van der Waals surface area contributed by atoms with Gasteiger partial charge < -0.3 is 9.47 Å². The van der Waals surface area contributed by atoms with Gasteiger partial charge in [-0.05, 0) is 18.2 Å². The van der Waals surface area contributed by atoms with Crippen molar-refractivity contribution < 1.29 is 40.7 Å². The molecular formula is C18H7F6NO4. The molecule has 3 aromatic carbocycles. The van der Waals surface area contributed by atoms with Crippen LogP contribution >= 0.6 is 0 Å². The van der Waals surface area contributed by atoms with Gasteiger partial charge in [-0.25, -0.2) is 13.2 Å². The molecule has 0 atom stereocenters. The molecule has 5 nitrogen and oxygen atoms in total. The molecular weight excluding hydrogens is 408 g/mol. The Kier molecular flexibility index (Phi) is 5.31. The van der Waals surface area contributed by atoms with Crippen LogP contribution in [0.25, 0.3) is 0 Å². The van der Waals surface area contributed by atoms with Gasteiger partial charge in [-0.1, -0.05) is 18.2 Å². The van der Waals surface area contributed by atoms with Gasteiger partial charge in [0.25, 0.3) is 0 Å². The fourth-order valence-corrected chi connectivity index (χ4v) is 2.24. The van der Waals surface area contributed by atoms with Gasteiger partial charge >= 0.3 is 5.69 Å². The molecule has 150 valence electrons. The van der Waals surface area contributed by atoms with Crippen molar-refractivity contribution in [3.63, 3.8) is 0 Å². The normalized spacial score (nSPS) is 10.7. The Morgan fingerprint density at radius 1 is 0.655 bits per heavy atom. The van der Waals surface area contributed by atoms with Crippen molar-refractivity contribution >= 4 is 5.69 Å². The first-order chi connectivity index (χ1) is 13.7. The van der Waals surface area contributed by atoms with Crippen LogP contribution in [-0.2, 0) is 0 Å². The Hall–Kier alpha value is -3.76. The largest absolute Gasteiger partial charge is 0.448 e. The van der Waals surface area contributed by atoms with Gasteiger partial charge in [0.1, 0.15) is 5.75 Å². The molecule has 0 aromatic heterocycles. The minimum Gasteiger partial charge on any atom is -0.448 e. The zero-order valence-electron chi connectivity index (χ0n) is 13.9. The molecule has 0 aliphatic rings. The second kappa shape index (κ2) is 7.70. The lowest BCUT2D eigenvalue weighted by molar-refractivity contribution is -0.385. The van der Waals surface area contributed by atoms with E-state index in [1.54, 1.807) is 6.07 Å². The van der Waals surface area contributed by atoms with Crippen molar-refractivity contribution in [3.8, 4) is 23.0 Å². The molecule has 0 unspecified atom stereocenters. The Bertz CT molecular complexity index is 1080. The van der Waals surface area contributed by atoms with Gasteiger partial charge in [0, 0.05) is 6.07 Å². The van der Waals surface area contributed by atoms with Crippen molar-refractivity contribution in [2.45, 2.75) is 0 Å². The predicted octanol–water partition coefficient (Wildman–Crippen LogP) is 6.01. The zero-order chi connectivity index (χ0) is 21.3. The minimum atomic E-state index is -2.43. The molecule has 0 amide bonds. The molecule has 0 aliphatic carbocycles. The van der Waals surface area contributed by atoms with Crippen LogP contribution in [0.3, 0.4) is 0 Å². The third-order valence-corrected chi connectivity index (χ3v) is 3.58. The minimum absolute atomic E-state index is 0.0251. The molecule has 0 bridgehead atoms. The predicted molar refractivity (Wildman–Crippen MR) is 85.9 cm³/mol. The maximum absolute atomic E-state index is 14.7. The summed E-state index contributed by atoms with van der Waals surface area (Å²) < 4.78 is 91.6. The number of benzene rings is 3. The van der Waals surface area contributed by atoms with E-state index >= 15 is 0 Å². The first kappa shape index (κ1) is 20.0. The number of rotatable bonds is 5. The van der Waals surface area contributed by atoms with Crippen molar-refractivity contribution in [1.82, 2.24) is 0 Å². The summed E-state index contributed by atoms with van der Waals surface area (Å²) in [4.78, 5) is 10.1.